The molecule has 0 aromatic carbocycles. The van der Waals surface area contributed by atoms with Gasteiger partial charge in [-0.3, -0.25) is 0 Å². The molecule has 0 aromatic heterocycles. The van der Waals surface area contributed by atoms with Gasteiger partial charge in [0.15, 0.2) is 0 Å². The van der Waals surface area contributed by atoms with Gasteiger partial charge < -0.3 is 0 Å². The number of hydrogen-bond donors (Lipinski definition) is 0. The van der Waals surface area contributed by atoms with Crippen LogP contribution in [0.15, 0.2) is 22.5 Å². The first-order valence-corrected chi connectivity index (χ1v) is 2.31. The molecule has 0 N–H and O–H groups in total. The Hall–Kier alpha value is -0.730. The zero-order chi connectivity index (χ0) is 6.57. The van der Waals surface area contributed by atoms with Crippen LogP contribution >= 0.6 is 0 Å². The predicted molar refractivity (Wildman–Crippen MR) is 30.5 cm³/mol. The van der Waals surface area contributed by atoms with E-state index in [9.17, 15) is 4.39 Å². The molecule has 0 aliphatic carbocycles. The summed E-state index contributed by atoms with van der Waals surface area (Å²) in [7, 11) is 1.48. The average molecular weight is 116 g/mol. The topological polar surface area (TPSA) is 24.7 Å². The van der Waals surface area contributed by atoms with Crippen LogP contribution in [0.1, 0.15) is 6.92 Å². The fourth-order valence-corrected chi connectivity index (χ4v) is 0.208. The molecule has 0 radical (unpaired) electrons. The monoisotopic (exact) mass is 116 g/mol. The third kappa shape index (κ3) is 2.44. The zero-order valence-electron chi connectivity index (χ0n) is 5.06. The molecule has 46 valence electrons. The van der Waals surface area contributed by atoms with Gasteiger partial charge in [-0.05, 0) is 6.92 Å². The maximum absolute atomic E-state index is 12.0. The van der Waals surface area contributed by atoms with E-state index in [0.717, 1.165) is 0 Å². The van der Waals surface area contributed by atoms with E-state index < -0.39 is 6.17 Å². The highest BCUT2D eigenvalue weighted by molar-refractivity contribution is 4.95. The summed E-state index contributed by atoms with van der Waals surface area (Å²) >= 11 is 0. The van der Waals surface area contributed by atoms with Crippen molar-refractivity contribution in [2.45, 2.75) is 13.1 Å². The van der Waals surface area contributed by atoms with Gasteiger partial charge in [-0.2, -0.15) is 10.2 Å². The Kier molecular flexibility index (Phi) is 2.99. The lowest BCUT2D eigenvalue weighted by molar-refractivity contribution is 0.407. The Balaban J connectivity index is 3.66. The molecule has 0 rings (SSSR count). The molecule has 0 fully saturated rings. The van der Waals surface area contributed by atoms with Crippen molar-refractivity contribution in [2.75, 3.05) is 7.05 Å². The molecule has 0 saturated heterocycles. The smallest absolute Gasteiger partial charge is 0.140 e. The largest absolute Gasteiger partial charge is 0.241 e. The normalized spacial score (nSPS) is 14.4. The van der Waals surface area contributed by atoms with E-state index in [-0.39, 0.29) is 5.70 Å². The zero-order valence-corrected chi connectivity index (χ0v) is 5.06. The molecule has 2 nitrogen and oxygen atoms in total. The third-order valence-electron chi connectivity index (χ3n) is 0.688. The van der Waals surface area contributed by atoms with Gasteiger partial charge in [0.05, 0.1) is 5.70 Å². The molecular weight excluding hydrogens is 107 g/mol. The summed E-state index contributed by atoms with van der Waals surface area (Å²) in [5, 5.41) is 6.72. The number of azo groups is 1. The second-order valence-corrected chi connectivity index (χ2v) is 1.41. The van der Waals surface area contributed by atoms with E-state index in [1.54, 1.807) is 0 Å². The molecule has 0 aliphatic rings. The minimum absolute atomic E-state index is 0.174. The van der Waals surface area contributed by atoms with Crippen molar-refractivity contribution in [3.63, 3.8) is 0 Å². The minimum atomic E-state index is -1.08. The second-order valence-electron chi connectivity index (χ2n) is 1.41. The molecule has 0 amide bonds. The molecule has 8 heavy (non-hydrogen) atoms. The van der Waals surface area contributed by atoms with Crippen LogP contribution in [-0.2, 0) is 0 Å². The first-order chi connectivity index (χ1) is 3.68. The Bertz CT molecular complexity index is 107. The summed E-state index contributed by atoms with van der Waals surface area (Å²) in [5.41, 5.74) is 0.174. The predicted octanol–water partition coefficient (Wildman–Crippen LogP) is 1.94. The number of halogens is 1. The fraction of sp³-hybridized carbons (Fsp3) is 0.600. The standard InChI is InChI=1S/C5H9FN2/c1-4(6)5(2)8-7-3/h4H,2H2,1,3H3. The first-order valence-electron chi connectivity index (χ1n) is 2.31. The molecular formula is C5H9FN2. The Morgan fingerprint density at radius 2 is 2.25 bits per heavy atom. The average Bonchev–Trinajstić information content (AvgIpc) is 1.67. The highest BCUT2D eigenvalue weighted by Gasteiger charge is 1.99. The molecule has 0 heterocycles. The van der Waals surface area contributed by atoms with Gasteiger partial charge in [-0.1, -0.05) is 6.58 Å². The first kappa shape index (κ1) is 7.27. The van der Waals surface area contributed by atoms with Crippen LogP contribution in [0.2, 0.25) is 0 Å². The van der Waals surface area contributed by atoms with Gasteiger partial charge in [-0.15, -0.1) is 0 Å². The molecule has 0 spiro atoms. The van der Waals surface area contributed by atoms with Gasteiger partial charge in [-0.25, -0.2) is 4.39 Å². The maximum Gasteiger partial charge on any atom is 0.140 e. The quantitative estimate of drug-likeness (QED) is 0.492. The fourth-order valence-electron chi connectivity index (χ4n) is 0.208. The highest BCUT2D eigenvalue weighted by atomic mass is 19.1. The Morgan fingerprint density at radius 1 is 1.75 bits per heavy atom. The van der Waals surface area contributed by atoms with Crippen LogP contribution in [0.4, 0.5) is 4.39 Å². The van der Waals surface area contributed by atoms with Gasteiger partial charge in [0.25, 0.3) is 0 Å². The molecule has 0 aliphatic heterocycles. The van der Waals surface area contributed by atoms with Crippen molar-refractivity contribution in [2.24, 2.45) is 10.2 Å². The molecule has 0 saturated carbocycles. The Morgan fingerprint density at radius 3 is 2.38 bits per heavy atom. The minimum Gasteiger partial charge on any atom is -0.241 e. The van der Waals surface area contributed by atoms with Crippen molar-refractivity contribution in [1.29, 1.82) is 0 Å². The van der Waals surface area contributed by atoms with Gasteiger partial charge in [0, 0.05) is 7.05 Å². The van der Waals surface area contributed by atoms with E-state index >= 15 is 0 Å². The van der Waals surface area contributed by atoms with Crippen LogP contribution in [0.5, 0.6) is 0 Å². The molecule has 0 aromatic rings. The second kappa shape index (κ2) is 3.29. The Labute approximate surface area is 48.1 Å². The third-order valence-corrected chi connectivity index (χ3v) is 0.688. The summed E-state index contributed by atoms with van der Waals surface area (Å²) in [6.45, 7) is 4.68. The van der Waals surface area contributed by atoms with E-state index in [2.05, 4.69) is 16.8 Å². The lowest BCUT2D eigenvalue weighted by Gasteiger charge is -1.94. The van der Waals surface area contributed by atoms with E-state index in [0.29, 0.717) is 0 Å². The van der Waals surface area contributed by atoms with Crippen molar-refractivity contribution >= 4 is 0 Å². The van der Waals surface area contributed by atoms with Crippen molar-refractivity contribution in [3.05, 3.63) is 12.3 Å². The van der Waals surface area contributed by atoms with Gasteiger partial charge in [0.2, 0.25) is 0 Å². The van der Waals surface area contributed by atoms with Crippen LogP contribution in [-0.4, -0.2) is 13.2 Å². The highest BCUT2D eigenvalue weighted by Crippen LogP contribution is 2.03. The van der Waals surface area contributed by atoms with Gasteiger partial charge >= 0.3 is 0 Å². The lowest BCUT2D eigenvalue weighted by atomic mass is 10.4. The van der Waals surface area contributed by atoms with Gasteiger partial charge in [0.1, 0.15) is 6.17 Å². The summed E-state index contributed by atoms with van der Waals surface area (Å²) in [6.07, 6.45) is -1.08. The van der Waals surface area contributed by atoms with Crippen LogP contribution in [0, 0.1) is 0 Å². The summed E-state index contributed by atoms with van der Waals surface area (Å²) < 4.78 is 12.0. The maximum atomic E-state index is 12.0. The number of allylic oxidation sites excluding steroid dienone is 1. The van der Waals surface area contributed by atoms with Crippen LogP contribution < -0.4 is 0 Å². The molecule has 0 bridgehead atoms. The number of nitrogens with zero attached hydrogens (tertiary/aromatic N) is 2. The molecule has 1 unspecified atom stereocenters. The summed E-state index contributed by atoms with van der Waals surface area (Å²) in [6, 6.07) is 0. The molecule has 1 atom stereocenters. The SMILES string of the molecule is C=C(N=NC)C(C)F. The lowest BCUT2D eigenvalue weighted by Crippen LogP contribution is -1.91. The summed E-state index contributed by atoms with van der Waals surface area (Å²) in [5.74, 6) is 0. The number of alkyl halides is 1. The van der Waals surface area contributed by atoms with E-state index in [1.165, 1.54) is 14.0 Å². The number of hydrogen-bond acceptors (Lipinski definition) is 2. The summed E-state index contributed by atoms with van der Waals surface area (Å²) in [4.78, 5) is 0. The van der Waals surface area contributed by atoms with Crippen LogP contribution in [0.25, 0.3) is 0 Å². The van der Waals surface area contributed by atoms with E-state index in [1.807, 2.05) is 0 Å². The number of rotatable bonds is 2. The van der Waals surface area contributed by atoms with Crippen LogP contribution in [0.3, 0.4) is 0 Å². The molecule has 3 heteroatoms. The van der Waals surface area contributed by atoms with Crippen molar-refractivity contribution in [1.82, 2.24) is 0 Å². The van der Waals surface area contributed by atoms with Crippen molar-refractivity contribution in [3.8, 4) is 0 Å². The van der Waals surface area contributed by atoms with E-state index in [4.69, 9.17) is 0 Å². The van der Waals surface area contributed by atoms with Crippen molar-refractivity contribution < 1.29 is 4.39 Å².